The molecule has 0 aromatic heterocycles. The Morgan fingerprint density at radius 3 is 3.00 bits per heavy atom. The molecule has 2 atom stereocenters. The third-order valence-electron chi connectivity index (χ3n) is 2.35. The molecule has 1 saturated heterocycles. The van der Waals surface area contributed by atoms with E-state index < -0.39 is 10.8 Å². The fraction of sp³-hybridized carbons (Fsp3) is 0.400. The van der Waals surface area contributed by atoms with Gasteiger partial charge in [-0.2, -0.15) is 0 Å². The lowest BCUT2D eigenvalue weighted by atomic mass is 10.4. The zero-order valence-corrected chi connectivity index (χ0v) is 10.1. The first-order chi connectivity index (χ1) is 6.77. The van der Waals surface area contributed by atoms with Gasteiger partial charge in [-0.25, -0.2) is 0 Å². The molecule has 1 aliphatic rings. The average Bonchev–Trinajstić information content (AvgIpc) is 2.69. The molecule has 1 aromatic carbocycles. The van der Waals surface area contributed by atoms with Gasteiger partial charge in [0.1, 0.15) is 0 Å². The molecule has 2 rings (SSSR count). The molecule has 76 valence electrons. The first-order valence-corrected chi connectivity index (χ1v) is 6.65. The molecule has 0 radical (unpaired) electrons. The highest BCUT2D eigenvalue weighted by Crippen LogP contribution is 2.19. The van der Waals surface area contributed by atoms with Crippen molar-refractivity contribution in [3.8, 4) is 0 Å². The predicted octanol–water partition coefficient (Wildman–Crippen LogP) is 1.92. The Morgan fingerprint density at radius 1 is 1.50 bits per heavy atom. The van der Waals surface area contributed by atoms with Gasteiger partial charge in [-0.15, -0.1) is 0 Å². The molecule has 14 heavy (non-hydrogen) atoms. The van der Waals surface area contributed by atoms with Gasteiger partial charge in [0.25, 0.3) is 0 Å². The predicted molar refractivity (Wildman–Crippen MR) is 61.8 cm³/mol. The van der Waals surface area contributed by atoms with Crippen LogP contribution in [0, 0.1) is 0 Å². The zero-order valence-electron chi connectivity index (χ0n) is 7.70. The molecule has 0 saturated carbocycles. The van der Waals surface area contributed by atoms with E-state index in [0.717, 1.165) is 28.9 Å². The van der Waals surface area contributed by atoms with Crippen molar-refractivity contribution in [2.24, 2.45) is 0 Å². The Hall–Kier alpha value is -0.190. The van der Waals surface area contributed by atoms with Crippen molar-refractivity contribution in [2.75, 3.05) is 13.1 Å². The maximum Gasteiger partial charge on any atom is 0.0574 e. The number of hydrogen-bond acceptors (Lipinski definition) is 2. The quantitative estimate of drug-likeness (QED) is 0.892. The van der Waals surface area contributed by atoms with Gasteiger partial charge in [-0.3, -0.25) is 4.21 Å². The van der Waals surface area contributed by atoms with E-state index in [1.807, 2.05) is 24.3 Å². The van der Waals surface area contributed by atoms with Crippen LogP contribution in [0.5, 0.6) is 0 Å². The summed E-state index contributed by atoms with van der Waals surface area (Å²) in [7, 11) is -0.862. The summed E-state index contributed by atoms with van der Waals surface area (Å²) in [5.41, 5.74) is 0. The molecule has 0 bridgehead atoms. The van der Waals surface area contributed by atoms with Crippen LogP contribution >= 0.6 is 15.9 Å². The topological polar surface area (TPSA) is 29.1 Å². The molecular formula is C10H12BrNOS. The largest absolute Gasteiger partial charge is 0.315 e. The normalized spacial score (nSPS) is 23.6. The van der Waals surface area contributed by atoms with Crippen LogP contribution < -0.4 is 5.32 Å². The van der Waals surface area contributed by atoms with Gasteiger partial charge in [-0.05, 0) is 31.2 Å². The van der Waals surface area contributed by atoms with E-state index in [1.54, 1.807) is 0 Å². The summed E-state index contributed by atoms with van der Waals surface area (Å²) in [6.07, 6.45) is 1.01. The molecule has 0 spiro atoms. The molecule has 2 unspecified atom stereocenters. The Bertz CT molecular complexity index is 350. The minimum Gasteiger partial charge on any atom is -0.315 e. The summed E-state index contributed by atoms with van der Waals surface area (Å²) in [5.74, 6) is 0. The van der Waals surface area contributed by atoms with Crippen molar-refractivity contribution in [3.05, 3.63) is 28.7 Å². The summed E-state index contributed by atoms with van der Waals surface area (Å²) >= 11 is 3.39. The molecule has 1 aromatic rings. The second-order valence-electron chi connectivity index (χ2n) is 3.37. The van der Waals surface area contributed by atoms with E-state index in [9.17, 15) is 4.21 Å². The molecule has 0 aliphatic carbocycles. The second kappa shape index (κ2) is 4.55. The highest BCUT2D eigenvalue weighted by Gasteiger charge is 2.22. The summed E-state index contributed by atoms with van der Waals surface area (Å²) < 4.78 is 13.0. The van der Waals surface area contributed by atoms with E-state index in [0.29, 0.717) is 0 Å². The zero-order chi connectivity index (χ0) is 9.97. The van der Waals surface area contributed by atoms with Gasteiger partial charge in [-0.1, -0.05) is 22.0 Å². The Kier molecular flexibility index (Phi) is 3.36. The standard InChI is InChI=1S/C10H12BrNOS/c11-8-2-1-3-9(6-8)14(13)10-4-5-12-7-10/h1-3,6,10,12H,4-5,7H2. The van der Waals surface area contributed by atoms with E-state index in [2.05, 4.69) is 21.2 Å². The Balaban J connectivity index is 2.17. The maximum absolute atomic E-state index is 12.0. The number of halogens is 1. The van der Waals surface area contributed by atoms with Crippen molar-refractivity contribution in [1.82, 2.24) is 5.32 Å². The monoisotopic (exact) mass is 273 g/mol. The molecule has 2 nitrogen and oxygen atoms in total. The van der Waals surface area contributed by atoms with E-state index in [1.165, 1.54) is 0 Å². The number of rotatable bonds is 2. The molecule has 1 heterocycles. The third kappa shape index (κ3) is 2.24. The highest BCUT2D eigenvalue weighted by atomic mass is 79.9. The summed E-state index contributed by atoms with van der Waals surface area (Å²) in [6.45, 7) is 1.86. The van der Waals surface area contributed by atoms with Crippen LogP contribution in [0.4, 0.5) is 0 Å². The lowest BCUT2D eigenvalue weighted by Gasteiger charge is -2.08. The van der Waals surface area contributed by atoms with Gasteiger partial charge in [0.05, 0.1) is 16.0 Å². The fourth-order valence-corrected chi connectivity index (χ4v) is 3.59. The first-order valence-electron chi connectivity index (χ1n) is 4.64. The minimum absolute atomic E-state index is 0.282. The molecule has 1 fully saturated rings. The van der Waals surface area contributed by atoms with Crippen LogP contribution in [0.15, 0.2) is 33.6 Å². The van der Waals surface area contributed by atoms with Crippen molar-refractivity contribution < 1.29 is 4.21 Å². The number of nitrogens with one attached hydrogen (secondary N) is 1. The molecular weight excluding hydrogens is 262 g/mol. The van der Waals surface area contributed by atoms with Crippen molar-refractivity contribution in [1.29, 1.82) is 0 Å². The number of benzene rings is 1. The van der Waals surface area contributed by atoms with Gasteiger partial charge >= 0.3 is 0 Å². The van der Waals surface area contributed by atoms with Crippen molar-refractivity contribution in [3.63, 3.8) is 0 Å². The molecule has 1 aliphatic heterocycles. The average molecular weight is 274 g/mol. The first kappa shape index (κ1) is 10.3. The van der Waals surface area contributed by atoms with E-state index in [-0.39, 0.29) is 5.25 Å². The van der Waals surface area contributed by atoms with Crippen LogP contribution in [0.2, 0.25) is 0 Å². The Morgan fingerprint density at radius 2 is 2.36 bits per heavy atom. The van der Waals surface area contributed by atoms with Gasteiger partial charge in [0, 0.05) is 15.9 Å². The summed E-state index contributed by atoms with van der Waals surface area (Å²) in [5, 5.41) is 3.51. The van der Waals surface area contributed by atoms with Crippen LogP contribution in [-0.2, 0) is 10.8 Å². The molecule has 0 amide bonds. The third-order valence-corrected chi connectivity index (χ3v) is 4.57. The van der Waals surface area contributed by atoms with Crippen LogP contribution in [-0.4, -0.2) is 22.5 Å². The Labute approximate surface area is 94.7 Å². The second-order valence-corrected chi connectivity index (χ2v) is 6.02. The lowest BCUT2D eigenvalue weighted by Crippen LogP contribution is -2.18. The highest BCUT2D eigenvalue weighted by molar-refractivity contribution is 9.10. The van der Waals surface area contributed by atoms with Gasteiger partial charge < -0.3 is 5.32 Å². The lowest BCUT2D eigenvalue weighted by molar-refractivity contribution is 0.672. The van der Waals surface area contributed by atoms with Crippen LogP contribution in [0.3, 0.4) is 0 Å². The van der Waals surface area contributed by atoms with Crippen molar-refractivity contribution >= 4 is 26.7 Å². The maximum atomic E-state index is 12.0. The number of hydrogen-bond donors (Lipinski definition) is 1. The van der Waals surface area contributed by atoms with E-state index in [4.69, 9.17) is 0 Å². The molecule has 4 heteroatoms. The fourth-order valence-electron chi connectivity index (χ4n) is 1.60. The summed E-state index contributed by atoms with van der Waals surface area (Å²) in [6, 6.07) is 7.75. The smallest absolute Gasteiger partial charge is 0.0574 e. The van der Waals surface area contributed by atoms with Gasteiger partial charge in [0.15, 0.2) is 0 Å². The van der Waals surface area contributed by atoms with E-state index >= 15 is 0 Å². The van der Waals surface area contributed by atoms with Crippen LogP contribution in [0.25, 0.3) is 0 Å². The van der Waals surface area contributed by atoms with Crippen LogP contribution in [0.1, 0.15) is 6.42 Å². The van der Waals surface area contributed by atoms with Crippen molar-refractivity contribution in [2.45, 2.75) is 16.6 Å². The minimum atomic E-state index is -0.862. The SMILES string of the molecule is O=S(c1cccc(Br)c1)C1CCNC1. The summed E-state index contributed by atoms with van der Waals surface area (Å²) in [4.78, 5) is 0.924. The van der Waals surface area contributed by atoms with Gasteiger partial charge in [0.2, 0.25) is 0 Å². The molecule has 1 N–H and O–H groups in total.